The third-order valence-corrected chi connectivity index (χ3v) is 3.88. The van der Waals surface area contributed by atoms with Gasteiger partial charge in [-0.05, 0) is 24.6 Å². The molecule has 0 radical (unpaired) electrons. The number of rotatable bonds is 2. The van der Waals surface area contributed by atoms with Gasteiger partial charge in [-0.25, -0.2) is 9.97 Å². The van der Waals surface area contributed by atoms with Crippen molar-refractivity contribution >= 4 is 16.7 Å². The fraction of sp³-hybridized carbons (Fsp3) is 0.250. The van der Waals surface area contributed by atoms with Gasteiger partial charge in [0.05, 0.1) is 17.8 Å². The molecule has 0 spiro atoms. The van der Waals surface area contributed by atoms with E-state index in [2.05, 4.69) is 19.9 Å². The molecule has 0 amide bonds. The minimum absolute atomic E-state index is 0.295. The lowest BCUT2D eigenvalue weighted by Crippen LogP contribution is -2.23. The first-order valence-electron chi connectivity index (χ1n) is 7.26. The molecule has 4 rings (SSSR count). The zero-order chi connectivity index (χ0) is 14.9. The van der Waals surface area contributed by atoms with Crippen molar-refractivity contribution in [2.24, 2.45) is 0 Å². The molecule has 0 aromatic carbocycles. The maximum atomic E-state index is 9.81. The fourth-order valence-corrected chi connectivity index (χ4v) is 2.77. The van der Waals surface area contributed by atoms with Gasteiger partial charge in [0, 0.05) is 42.6 Å². The number of nitrogens with zero attached hydrogens (tertiary/aromatic N) is 5. The Morgan fingerprint density at radius 2 is 1.86 bits per heavy atom. The first-order chi connectivity index (χ1) is 10.8. The summed E-state index contributed by atoms with van der Waals surface area (Å²) < 4.78 is 0. The van der Waals surface area contributed by atoms with E-state index in [-0.39, 0.29) is 6.10 Å². The Morgan fingerprint density at radius 1 is 1.05 bits per heavy atom. The van der Waals surface area contributed by atoms with Crippen molar-refractivity contribution in [3.63, 3.8) is 0 Å². The van der Waals surface area contributed by atoms with Gasteiger partial charge in [-0.2, -0.15) is 0 Å². The van der Waals surface area contributed by atoms with Crippen molar-refractivity contribution in [3.05, 3.63) is 43.0 Å². The van der Waals surface area contributed by atoms with Crippen molar-refractivity contribution in [2.45, 2.75) is 12.5 Å². The van der Waals surface area contributed by atoms with Crippen molar-refractivity contribution < 1.29 is 5.11 Å². The fourth-order valence-electron chi connectivity index (χ4n) is 2.77. The molecule has 1 aliphatic heterocycles. The number of anilines is 1. The standard InChI is InChI=1S/C16H15N5O/c22-12-4-8-21(10-12)16-13-3-7-18-9-14(13)19-15(20-16)11-1-5-17-6-2-11/h1-3,5-7,9,12,22H,4,8,10H2/t12-/m0/s1. The minimum atomic E-state index is -0.295. The Bertz CT molecular complexity index is 808. The molecule has 110 valence electrons. The van der Waals surface area contributed by atoms with Gasteiger partial charge in [0.1, 0.15) is 5.82 Å². The summed E-state index contributed by atoms with van der Waals surface area (Å²) in [5, 5.41) is 10.8. The zero-order valence-electron chi connectivity index (χ0n) is 11.9. The number of aliphatic hydroxyl groups is 1. The van der Waals surface area contributed by atoms with Crippen LogP contribution in [0.15, 0.2) is 43.0 Å². The number of aliphatic hydroxyl groups excluding tert-OH is 1. The lowest BCUT2D eigenvalue weighted by atomic mass is 10.2. The van der Waals surface area contributed by atoms with Gasteiger partial charge in [-0.3, -0.25) is 9.97 Å². The SMILES string of the molecule is O[C@H]1CCN(c2nc(-c3ccncc3)nc3cnccc23)C1. The van der Waals surface area contributed by atoms with Crippen molar-refractivity contribution in [1.82, 2.24) is 19.9 Å². The molecule has 22 heavy (non-hydrogen) atoms. The molecular formula is C16H15N5O. The summed E-state index contributed by atoms with van der Waals surface area (Å²) in [6.07, 6.45) is 7.42. The van der Waals surface area contributed by atoms with Crippen molar-refractivity contribution in [1.29, 1.82) is 0 Å². The molecule has 0 aliphatic carbocycles. The summed E-state index contributed by atoms with van der Waals surface area (Å²) in [4.78, 5) is 19.6. The third kappa shape index (κ3) is 2.27. The predicted octanol–water partition coefficient (Wildman–Crippen LogP) is 1.66. The molecule has 6 nitrogen and oxygen atoms in total. The lowest BCUT2D eigenvalue weighted by molar-refractivity contribution is 0.198. The zero-order valence-corrected chi connectivity index (χ0v) is 11.9. The van der Waals surface area contributed by atoms with E-state index in [9.17, 15) is 5.11 Å². The summed E-state index contributed by atoms with van der Waals surface area (Å²) in [5.41, 5.74) is 1.72. The average molecular weight is 293 g/mol. The monoisotopic (exact) mass is 293 g/mol. The number of hydrogen-bond acceptors (Lipinski definition) is 6. The molecule has 1 atom stereocenters. The van der Waals surface area contributed by atoms with E-state index in [0.717, 1.165) is 35.2 Å². The van der Waals surface area contributed by atoms with E-state index < -0.39 is 0 Å². The Kier molecular flexibility index (Phi) is 3.16. The number of hydrogen-bond donors (Lipinski definition) is 1. The van der Waals surface area contributed by atoms with Crippen LogP contribution in [0.4, 0.5) is 5.82 Å². The lowest BCUT2D eigenvalue weighted by Gasteiger charge is -2.19. The summed E-state index contributed by atoms with van der Waals surface area (Å²) >= 11 is 0. The maximum Gasteiger partial charge on any atom is 0.162 e. The van der Waals surface area contributed by atoms with Crippen LogP contribution in [0, 0.1) is 0 Å². The Balaban J connectivity index is 1.90. The number of pyridine rings is 2. The Morgan fingerprint density at radius 3 is 2.64 bits per heavy atom. The predicted molar refractivity (Wildman–Crippen MR) is 83.4 cm³/mol. The quantitative estimate of drug-likeness (QED) is 0.774. The normalized spacial score (nSPS) is 18.0. The van der Waals surface area contributed by atoms with Gasteiger partial charge in [0.2, 0.25) is 0 Å². The topological polar surface area (TPSA) is 75.0 Å². The minimum Gasteiger partial charge on any atom is -0.391 e. The molecule has 6 heteroatoms. The molecule has 1 N–H and O–H groups in total. The number of aromatic nitrogens is 4. The van der Waals surface area contributed by atoms with Crippen molar-refractivity contribution in [2.75, 3.05) is 18.0 Å². The van der Waals surface area contributed by atoms with E-state index in [4.69, 9.17) is 4.98 Å². The largest absolute Gasteiger partial charge is 0.391 e. The maximum absolute atomic E-state index is 9.81. The van der Waals surface area contributed by atoms with Crippen LogP contribution in [0.2, 0.25) is 0 Å². The molecule has 1 saturated heterocycles. The molecule has 0 unspecified atom stereocenters. The van der Waals surface area contributed by atoms with Crippen LogP contribution in [-0.4, -0.2) is 44.2 Å². The van der Waals surface area contributed by atoms with Crippen LogP contribution >= 0.6 is 0 Å². The highest BCUT2D eigenvalue weighted by molar-refractivity contribution is 5.90. The number of β-amino-alcohol motifs (C(OH)–C–C–N with tert-alkyl or cyclic N) is 1. The van der Waals surface area contributed by atoms with Crippen LogP contribution < -0.4 is 4.90 Å². The molecule has 4 heterocycles. The second-order valence-electron chi connectivity index (χ2n) is 5.39. The van der Waals surface area contributed by atoms with Gasteiger partial charge >= 0.3 is 0 Å². The van der Waals surface area contributed by atoms with Crippen LogP contribution in [0.25, 0.3) is 22.3 Å². The summed E-state index contributed by atoms with van der Waals surface area (Å²) in [7, 11) is 0. The summed E-state index contributed by atoms with van der Waals surface area (Å²) in [6.45, 7) is 1.40. The molecular weight excluding hydrogens is 278 g/mol. The molecule has 1 fully saturated rings. The van der Waals surface area contributed by atoms with Gasteiger partial charge < -0.3 is 10.0 Å². The van der Waals surface area contributed by atoms with E-state index in [1.165, 1.54) is 0 Å². The van der Waals surface area contributed by atoms with E-state index in [0.29, 0.717) is 12.4 Å². The van der Waals surface area contributed by atoms with Gasteiger partial charge in [0.25, 0.3) is 0 Å². The second kappa shape index (κ2) is 5.31. The number of fused-ring (bicyclic) bond motifs is 1. The van der Waals surface area contributed by atoms with Crippen LogP contribution in [0.1, 0.15) is 6.42 Å². The van der Waals surface area contributed by atoms with E-state index in [1.807, 2.05) is 18.2 Å². The van der Waals surface area contributed by atoms with Crippen LogP contribution in [-0.2, 0) is 0 Å². The smallest absolute Gasteiger partial charge is 0.162 e. The molecule has 3 aromatic rings. The molecule has 0 bridgehead atoms. The molecule has 3 aromatic heterocycles. The van der Waals surface area contributed by atoms with Crippen molar-refractivity contribution in [3.8, 4) is 11.4 Å². The molecule has 1 aliphatic rings. The molecule has 0 saturated carbocycles. The van der Waals surface area contributed by atoms with E-state index in [1.54, 1.807) is 24.8 Å². The van der Waals surface area contributed by atoms with Crippen LogP contribution in [0.5, 0.6) is 0 Å². The van der Waals surface area contributed by atoms with Gasteiger partial charge in [-0.15, -0.1) is 0 Å². The third-order valence-electron chi connectivity index (χ3n) is 3.88. The first kappa shape index (κ1) is 13.1. The highest BCUT2D eigenvalue weighted by atomic mass is 16.3. The summed E-state index contributed by atoms with van der Waals surface area (Å²) in [5.74, 6) is 1.51. The highest BCUT2D eigenvalue weighted by Crippen LogP contribution is 2.29. The highest BCUT2D eigenvalue weighted by Gasteiger charge is 2.24. The second-order valence-corrected chi connectivity index (χ2v) is 5.39. The first-order valence-corrected chi connectivity index (χ1v) is 7.26. The van der Waals surface area contributed by atoms with Gasteiger partial charge in [0.15, 0.2) is 5.82 Å². The van der Waals surface area contributed by atoms with Gasteiger partial charge in [-0.1, -0.05) is 0 Å². The van der Waals surface area contributed by atoms with E-state index >= 15 is 0 Å². The van der Waals surface area contributed by atoms with Crippen LogP contribution in [0.3, 0.4) is 0 Å². The Hall–Kier alpha value is -2.60. The Labute approximate surface area is 127 Å². The average Bonchev–Trinajstić information content (AvgIpc) is 3.01. The summed E-state index contributed by atoms with van der Waals surface area (Å²) in [6, 6.07) is 5.70.